The summed E-state index contributed by atoms with van der Waals surface area (Å²) in [6.45, 7) is 1.78. The van der Waals surface area contributed by atoms with Crippen LogP contribution in [-0.2, 0) is 4.79 Å². The Morgan fingerprint density at radius 3 is 2.61 bits per heavy atom. The van der Waals surface area contributed by atoms with Gasteiger partial charge in [-0.15, -0.1) is 6.42 Å². The van der Waals surface area contributed by atoms with Gasteiger partial charge in [-0.1, -0.05) is 23.6 Å². The number of rotatable bonds is 7. The molecule has 1 N–H and O–H groups in total. The van der Waals surface area contributed by atoms with Crippen molar-refractivity contribution in [1.29, 1.82) is 0 Å². The monoisotopic (exact) mass is 778 g/mol. The zero-order valence-electron chi connectivity index (χ0n) is 29.9. The molecule has 284 valence electrons. The summed E-state index contributed by atoms with van der Waals surface area (Å²) >= 11 is 6.05. The lowest BCUT2D eigenvalue weighted by Crippen LogP contribution is -2.57. The minimum absolute atomic E-state index is 0.0714. The number of fused-ring (bicyclic) bond motifs is 5. The summed E-state index contributed by atoms with van der Waals surface area (Å²) in [5.41, 5.74) is 9.31. The molecule has 5 aromatic rings. The van der Waals surface area contributed by atoms with Crippen molar-refractivity contribution in [3.05, 3.63) is 88.0 Å². The predicted molar refractivity (Wildman–Crippen MR) is 203 cm³/mol. The second-order valence-electron chi connectivity index (χ2n) is 15.0. The second kappa shape index (κ2) is 13.8. The normalized spacial score (nSPS) is 23.0. The van der Waals surface area contributed by atoms with Gasteiger partial charge in [0.2, 0.25) is 0 Å². The van der Waals surface area contributed by atoms with E-state index in [-0.39, 0.29) is 69.3 Å². The maximum Gasteiger partial charge on any atom is 0.386 e. The van der Waals surface area contributed by atoms with Gasteiger partial charge in [0.1, 0.15) is 41.4 Å². The number of hydrogen-bond acceptors (Lipinski definition) is 8. The van der Waals surface area contributed by atoms with Gasteiger partial charge in [0, 0.05) is 48.2 Å². The molecule has 4 aliphatic rings. The molecular formula is C41H34ClF3N8O3. The number of carbonyl (C=O) groups excluding carboxylic acids is 1. The molecule has 0 saturated carbocycles. The largest absolute Gasteiger partial charge is 0.508 e. The van der Waals surface area contributed by atoms with Crippen LogP contribution in [0.3, 0.4) is 0 Å². The van der Waals surface area contributed by atoms with Crippen molar-refractivity contribution in [2.75, 3.05) is 37.7 Å². The molecule has 11 nitrogen and oxygen atoms in total. The molecule has 4 saturated heterocycles. The summed E-state index contributed by atoms with van der Waals surface area (Å²) in [6.07, 6.45) is 9.42. The molecule has 2 aromatic heterocycles. The highest BCUT2D eigenvalue weighted by molar-refractivity contribution is 6.43. The van der Waals surface area contributed by atoms with Gasteiger partial charge in [-0.25, -0.2) is 13.2 Å². The van der Waals surface area contributed by atoms with E-state index in [0.717, 1.165) is 19.4 Å². The molecule has 9 rings (SSSR count). The quantitative estimate of drug-likeness (QED) is 0.0880. The lowest BCUT2D eigenvalue weighted by molar-refractivity contribution is -0.131. The zero-order chi connectivity index (χ0) is 38.9. The fourth-order valence-corrected chi connectivity index (χ4v) is 9.40. The summed E-state index contributed by atoms with van der Waals surface area (Å²) in [6, 6.07) is 11.0. The van der Waals surface area contributed by atoms with E-state index in [2.05, 4.69) is 25.6 Å². The summed E-state index contributed by atoms with van der Waals surface area (Å²) in [4.78, 5) is 36.9. The number of piperazine rings is 1. The van der Waals surface area contributed by atoms with Crippen molar-refractivity contribution in [3.63, 3.8) is 0 Å². The number of pyridine rings is 1. The van der Waals surface area contributed by atoms with E-state index in [4.69, 9.17) is 27.7 Å². The molecule has 4 unspecified atom stereocenters. The van der Waals surface area contributed by atoms with E-state index < -0.39 is 29.3 Å². The number of anilines is 1. The third kappa shape index (κ3) is 5.89. The van der Waals surface area contributed by atoms with Crippen LogP contribution in [0.15, 0.2) is 54.7 Å². The first-order valence-electron chi connectivity index (χ1n) is 18.4. The Bertz CT molecular complexity index is 2530. The molecule has 0 aliphatic carbocycles. The number of phenols is 1. The molecule has 4 fully saturated rings. The van der Waals surface area contributed by atoms with Crippen LogP contribution < -0.4 is 9.64 Å². The van der Waals surface area contributed by atoms with Gasteiger partial charge in [0.25, 0.3) is 0 Å². The first-order valence-corrected chi connectivity index (χ1v) is 18.8. The van der Waals surface area contributed by atoms with E-state index in [9.17, 15) is 24.2 Å². The molecular weight excluding hydrogens is 745 g/mol. The third-order valence-electron chi connectivity index (χ3n) is 11.8. The van der Waals surface area contributed by atoms with Crippen molar-refractivity contribution >= 4 is 50.7 Å². The topological polar surface area (TPSA) is 131 Å². The Balaban J connectivity index is 1.12. The number of alkyl halides is 1. The fourth-order valence-electron chi connectivity index (χ4n) is 9.28. The van der Waals surface area contributed by atoms with Crippen molar-refractivity contribution in [2.45, 2.75) is 55.9 Å². The van der Waals surface area contributed by atoms with Gasteiger partial charge in [0.15, 0.2) is 5.82 Å². The number of hydrogen-bond donors (Lipinski definition) is 1. The van der Waals surface area contributed by atoms with E-state index >= 15 is 4.39 Å². The van der Waals surface area contributed by atoms with Crippen LogP contribution in [0.5, 0.6) is 11.8 Å². The molecule has 1 amide bonds. The van der Waals surface area contributed by atoms with Crippen LogP contribution in [0.25, 0.3) is 38.5 Å². The highest BCUT2D eigenvalue weighted by atomic mass is 35.5. The Labute approximate surface area is 324 Å². The van der Waals surface area contributed by atoms with Crippen LogP contribution in [0.1, 0.15) is 43.2 Å². The van der Waals surface area contributed by atoms with Crippen LogP contribution in [0.4, 0.5) is 19.0 Å². The van der Waals surface area contributed by atoms with E-state index in [1.54, 1.807) is 29.2 Å². The van der Waals surface area contributed by atoms with E-state index in [1.165, 1.54) is 30.5 Å². The highest BCUT2D eigenvalue weighted by Gasteiger charge is 2.50. The summed E-state index contributed by atoms with van der Waals surface area (Å²) in [7, 11) is 0. The average Bonchev–Trinajstić information content (AvgIpc) is 3.81. The van der Waals surface area contributed by atoms with Gasteiger partial charge in [-0.3, -0.25) is 14.7 Å². The number of benzene rings is 3. The highest BCUT2D eigenvalue weighted by Crippen LogP contribution is 2.43. The van der Waals surface area contributed by atoms with E-state index in [0.29, 0.717) is 60.7 Å². The maximum absolute atomic E-state index is 17.1. The molecule has 15 heteroatoms. The number of halogens is 4. The number of terminal acetylenes is 1. The number of ether oxygens (including phenoxy) is 1. The van der Waals surface area contributed by atoms with Crippen LogP contribution in [0.2, 0.25) is 5.02 Å². The molecule has 0 spiro atoms. The van der Waals surface area contributed by atoms with Crippen LogP contribution in [-0.4, -0.2) is 103 Å². The van der Waals surface area contributed by atoms with Gasteiger partial charge in [-0.05, 0) is 80.1 Å². The Morgan fingerprint density at radius 2 is 1.88 bits per heavy atom. The summed E-state index contributed by atoms with van der Waals surface area (Å²) in [5.74, 6) is 0.490. The molecule has 3 aromatic carbocycles. The summed E-state index contributed by atoms with van der Waals surface area (Å²) < 4.78 is 53.0. The molecule has 4 atom stereocenters. The zero-order valence-corrected chi connectivity index (χ0v) is 30.7. The average molecular weight is 779 g/mol. The predicted octanol–water partition coefficient (Wildman–Crippen LogP) is 6.32. The number of phenolic OH excluding ortho intramolecular Hbond substituents is 1. The number of aromatic nitrogens is 3. The van der Waals surface area contributed by atoms with Crippen molar-refractivity contribution in [2.24, 2.45) is 0 Å². The number of aromatic hydroxyl groups is 1. The first-order chi connectivity index (χ1) is 27.1. The molecule has 0 radical (unpaired) electrons. The smallest absolute Gasteiger partial charge is 0.386 e. The minimum atomic E-state index is -0.988. The SMILES string of the molecule is C#Cc1c(F)ccc2cc(O)cc(-c3ncc4c(N5CC6CCC(C5)N6C(=O)C(=[N+]=[N-])c5ccc(Cl)cc5)nc(OCC56CCCN5CC(F)C6)nc4c3F)c12. The Morgan fingerprint density at radius 1 is 1.11 bits per heavy atom. The van der Waals surface area contributed by atoms with Crippen LogP contribution in [0, 0.1) is 24.0 Å². The lowest BCUT2D eigenvalue weighted by atomic mass is 9.95. The van der Waals surface area contributed by atoms with Gasteiger partial charge in [0.05, 0.1) is 34.1 Å². The first kappa shape index (κ1) is 35.9. The molecule has 2 bridgehead atoms. The number of nitrogens with zero attached hydrogens (tertiary/aromatic N) is 8. The molecule has 4 aliphatic heterocycles. The Kier molecular flexibility index (Phi) is 8.84. The van der Waals surface area contributed by atoms with Gasteiger partial charge in [-0.2, -0.15) is 14.8 Å². The van der Waals surface area contributed by atoms with Crippen molar-refractivity contribution in [3.8, 4) is 35.4 Å². The summed E-state index contributed by atoms with van der Waals surface area (Å²) in [5, 5.41) is 12.0. The minimum Gasteiger partial charge on any atom is -0.508 e. The lowest BCUT2D eigenvalue weighted by Gasteiger charge is -2.41. The standard InChI is InChI=1S/C41H34ClF3N8O3/c1-2-29-32(44)11-6-23-14-28(54)15-30(33(23)29)36-34(45)37-31(17-47-36)38(49-40(48-37)56-21-41-12-3-13-52(41)18-25(43)16-41)51-19-26-9-10-27(20-51)53(26)39(55)35(50-46)22-4-7-24(42)8-5-22/h1,4-8,11,14-15,17,25-27,54H,3,9-10,12-13,16,18-21H2. The van der Waals surface area contributed by atoms with Crippen molar-refractivity contribution < 1.29 is 32.6 Å². The van der Waals surface area contributed by atoms with Crippen LogP contribution >= 0.6 is 11.6 Å². The molecule has 6 heterocycles. The fraction of sp³-hybridized carbons (Fsp3) is 0.341. The number of amides is 1. The molecule has 56 heavy (non-hydrogen) atoms. The maximum atomic E-state index is 17.1. The van der Waals surface area contributed by atoms with Gasteiger partial charge < -0.3 is 25.2 Å². The van der Waals surface area contributed by atoms with Crippen molar-refractivity contribution in [1.82, 2.24) is 24.8 Å². The third-order valence-corrected chi connectivity index (χ3v) is 12.0. The van der Waals surface area contributed by atoms with E-state index in [1.807, 2.05) is 4.90 Å². The number of carbonyl (C=O) groups is 1. The van der Waals surface area contributed by atoms with Gasteiger partial charge >= 0.3 is 17.6 Å². The second-order valence-corrected chi connectivity index (χ2v) is 15.4. The Hall–Kier alpha value is -5.74.